The molecule has 9 heteroatoms. The lowest BCUT2D eigenvalue weighted by molar-refractivity contribution is -0.114. The molecule has 0 bridgehead atoms. The highest BCUT2D eigenvalue weighted by atomic mass is 35.5. The highest BCUT2D eigenvalue weighted by Gasteiger charge is 2.19. The van der Waals surface area contributed by atoms with Crippen molar-refractivity contribution in [2.75, 3.05) is 24.4 Å². The van der Waals surface area contributed by atoms with Crippen LogP contribution in [0.1, 0.15) is 35.3 Å². The van der Waals surface area contributed by atoms with Crippen LogP contribution in [0.2, 0.25) is 5.02 Å². The van der Waals surface area contributed by atoms with Gasteiger partial charge in [0.1, 0.15) is 11.3 Å². The minimum atomic E-state index is -0.555. The van der Waals surface area contributed by atoms with Crippen molar-refractivity contribution in [3.63, 3.8) is 0 Å². The summed E-state index contributed by atoms with van der Waals surface area (Å²) < 4.78 is 10.4. The zero-order chi connectivity index (χ0) is 23.3. The zero-order valence-corrected chi connectivity index (χ0v) is 18.5. The van der Waals surface area contributed by atoms with Crippen LogP contribution < -0.4 is 15.4 Å². The third-order valence-corrected chi connectivity index (χ3v) is 4.89. The topological polar surface area (TPSA) is 113 Å². The highest BCUT2D eigenvalue weighted by Crippen LogP contribution is 2.33. The Morgan fingerprint density at radius 2 is 2.03 bits per heavy atom. The van der Waals surface area contributed by atoms with Gasteiger partial charge in [0.25, 0.3) is 0 Å². The van der Waals surface area contributed by atoms with Gasteiger partial charge in [0.15, 0.2) is 0 Å². The van der Waals surface area contributed by atoms with E-state index in [9.17, 15) is 14.9 Å². The number of methoxy groups -OCH3 is 1. The molecule has 0 aliphatic heterocycles. The predicted octanol–water partition coefficient (Wildman–Crippen LogP) is 4.52. The maximum Gasteiger partial charge on any atom is 0.341 e. The fraction of sp³-hybridized carbons (Fsp3) is 0.217. The van der Waals surface area contributed by atoms with E-state index in [1.54, 1.807) is 25.1 Å². The van der Waals surface area contributed by atoms with Crippen LogP contribution in [0, 0.1) is 11.3 Å². The van der Waals surface area contributed by atoms with E-state index >= 15 is 0 Å². The second-order valence-electron chi connectivity index (χ2n) is 6.80. The number of nitrogens with zero attached hydrogens (tertiary/aromatic N) is 2. The molecular weight excluding hydrogens is 432 g/mol. The molecule has 2 aromatic carbocycles. The number of amides is 1. The first-order valence-electron chi connectivity index (χ1n) is 9.75. The summed E-state index contributed by atoms with van der Waals surface area (Å²) in [6.45, 7) is 3.59. The molecule has 3 aromatic rings. The summed E-state index contributed by atoms with van der Waals surface area (Å²) in [4.78, 5) is 28.6. The van der Waals surface area contributed by atoms with Crippen molar-refractivity contribution in [3.05, 3.63) is 58.2 Å². The first-order chi connectivity index (χ1) is 15.4. The number of carbonyl (C=O) groups is 2. The van der Waals surface area contributed by atoms with Crippen molar-refractivity contribution >= 4 is 45.8 Å². The first kappa shape index (κ1) is 22.8. The number of carbonyl (C=O) groups excluding carboxylic acids is 2. The molecule has 0 atom stereocenters. The van der Waals surface area contributed by atoms with Gasteiger partial charge in [-0.2, -0.15) is 5.26 Å². The molecule has 1 amide bonds. The molecule has 0 radical (unpaired) electrons. The monoisotopic (exact) mass is 452 g/mol. The smallest absolute Gasteiger partial charge is 0.341 e. The quantitative estimate of drug-likeness (QED) is 0.507. The number of hydrogen-bond acceptors (Lipinski definition) is 7. The van der Waals surface area contributed by atoms with E-state index in [0.29, 0.717) is 45.2 Å². The van der Waals surface area contributed by atoms with Crippen LogP contribution in [0.15, 0.2) is 36.5 Å². The van der Waals surface area contributed by atoms with Crippen LogP contribution in [0.5, 0.6) is 5.75 Å². The Balaban J connectivity index is 2.14. The van der Waals surface area contributed by atoms with E-state index in [1.807, 2.05) is 6.07 Å². The molecule has 0 saturated heterocycles. The minimum absolute atomic E-state index is 0.194. The summed E-state index contributed by atoms with van der Waals surface area (Å²) in [6.07, 6.45) is 1.39. The molecule has 8 nitrogen and oxygen atoms in total. The summed E-state index contributed by atoms with van der Waals surface area (Å²) in [6, 6.07) is 10.6. The van der Waals surface area contributed by atoms with Crippen molar-refractivity contribution in [1.29, 1.82) is 5.26 Å². The van der Waals surface area contributed by atoms with Crippen molar-refractivity contribution in [2.45, 2.75) is 20.4 Å². The Bertz CT molecular complexity index is 1240. The van der Waals surface area contributed by atoms with E-state index in [4.69, 9.17) is 21.1 Å². The molecule has 1 aromatic heterocycles. The van der Waals surface area contributed by atoms with Gasteiger partial charge in [0.05, 0.1) is 47.3 Å². The number of nitriles is 1. The number of aromatic nitrogens is 1. The predicted molar refractivity (Wildman–Crippen MR) is 122 cm³/mol. The number of halogens is 1. The van der Waals surface area contributed by atoms with Gasteiger partial charge in [-0.3, -0.25) is 9.78 Å². The van der Waals surface area contributed by atoms with Crippen LogP contribution in [0.25, 0.3) is 10.9 Å². The van der Waals surface area contributed by atoms with Crippen molar-refractivity contribution < 1.29 is 19.1 Å². The van der Waals surface area contributed by atoms with Gasteiger partial charge in [-0.05, 0) is 36.8 Å². The fourth-order valence-electron chi connectivity index (χ4n) is 3.22. The largest absolute Gasteiger partial charge is 0.495 e. The van der Waals surface area contributed by atoms with Crippen LogP contribution in [0.4, 0.5) is 11.4 Å². The maximum atomic E-state index is 12.6. The van der Waals surface area contributed by atoms with Gasteiger partial charge in [-0.15, -0.1) is 0 Å². The summed E-state index contributed by atoms with van der Waals surface area (Å²) in [7, 11) is 1.54. The highest BCUT2D eigenvalue weighted by molar-refractivity contribution is 6.32. The second-order valence-corrected chi connectivity index (χ2v) is 7.21. The van der Waals surface area contributed by atoms with Gasteiger partial charge < -0.3 is 20.1 Å². The van der Waals surface area contributed by atoms with Gasteiger partial charge in [0, 0.05) is 25.1 Å². The maximum absolute atomic E-state index is 12.6. The van der Waals surface area contributed by atoms with Gasteiger partial charge in [-0.25, -0.2) is 4.79 Å². The third kappa shape index (κ3) is 4.90. The number of benzene rings is 2. The van der Waals surface area contributed by atoms with Crippen molar-refractivity contribution in [3.8, 4) is 11.8 Å². The molecular formula is C23H21ClN4O4. The van der Waals surface area contributed by atoms with E-state index in [0.717, 1.165) is 5.56 Å². The number of nitrogens with one attached hydrogen (secondary N) is 2. The summed E-state index contributed by atoms with van der Waals surface area (Å²) in [5.74, 6) is -0.309. The van der Waals surface area contributed by atoms with E-state index in [2.05, 4.69) is 21.7 Å². The summed E-state index contributed by atoms with van der Waals surface area (Å²) in [5, 5.41) is 16.4. The molecule has 0 fully saturated rings. The second kappa shape index (κ2) is 9.98. The summed E-state index contributed by atoms with van der Waals surface area (Å²) in [5.41, 5.74) is 2.60. The lowest BCUT2D eigenvalue weighted by atomic mass is 10.0. The average molecular weight is 453 g/mol. The molecule has 0 spiro atoms. The Labute approximate surface area is 190 Å². The molecule has 0 saturated carbocycles. The Morgan fingerprint density at radius 3 is 2.66 bits per heavy atom. The van der Waals surface area contributed by atoms with E-state index < -0.39 is 5.97 Å². The molecule has 164 valence electrons. The molecule has 1 heterocycles. The van der Waals surface area contributed by atoms with Gasteiger partial charge in [0.2, 0.25) is 5.91 Å². The number of fused-ring (bicyclic) bond motifs is 1. The number of rotatable bonds is 7. The van der Waals surface area contributed by atoms with Gasteiger partial charge in [-0.1, -0.05) is 17.7 Å². The van der Waals surface area contributed by atoms with Crippen LogP contribution in [-0.4, -0.2) is 30.6 Å². The molecule has 32 heavy (non-hydrogen) atoms. The average Bonchev–Trinajstić information content (AvgIpc) is 2.77. The standard InChI is InChI=1S/C23H21ClN4O4/c1-4-32-23(30)17-12-27-22-16(7-15(10-25)9-19(22)28-13(2)29)21(17)26-11-14-5-6-20(31-3)18(24)8-14/h5-9,12H,4,11H2,1-3H3,(H,26,27)(H,28,29). The molecule has 3 rings (SSSR count). The molecule has 0 aliphatic carbocycles. The van der Waals surface area contributed by atoms with Crippen LogP contribution in [-0.2, 0) is 16.1 Å². The van der Waals surface area contributed by atoms with Crippen LogP contribution >= 0.6 is 11.6 Å². The first-order valence-corrected chi connectivity index (χ1v) is 10.1. The number of pyridine rings is 1. The fourth-order valence-corrected chi connectivity index (χ4v) is 3.50. The Kier molecular flexibility index (Phi) is 7.13. The van der Waals surface area contributed by atoms with E-state index in [-0.39, 0.29) is 18.1 Å². The zero-order valence-electron chi connectivity index (χ0n) is 17.8. The molecule has 2 N–H and O–H groups in total. The SMILES string of the molecule is CCOC(=O)c1cnc2c(NC(C)=O)cc(C#N)cc2c1NCc1ccc(OC)c(Cl)c1. The number of hydrogen-bond donors (Lipinski definition) is 2. The minimum Gasteiger partial charge on any atom is -0.495 e. The Morgan fingerprint density at radius 1 is 1.25 bits per heavy atom. The molecule has 0 unspecified atom stereocenters. The number of anilines is 2. The lowest BCUT2D eigenvalue weighted by Crippen LogP contribution is -2.12. The van der Waals surface area contributed by atoms with Crippen molar-refractivity contribution in [2.24, 2.45) is 0 Å². The van der Waals surface area contributed by atoms with Gasteiger partial charge >= 0.3 is 5.97 Å². The number of ether oxygens (including phenoxy) is 2. The van der Waals surface area contributed by atoms with Crippen LogP contribution in [0.3, 0.4) is 0 Å². The normalized spacial score (nSPS) is 10.3. The van der Waals surface area contributed by atoms with E-state index in [1.165, 1.54) is 26.3 Å². The number of esters is 1. The summed E-state index contributed by atoms with van der Waals surface area (Å²) >= 11 is 6.22. The Hall–Kier alpha value is -3.83. The molecule has 0 aliphatic rings. The lowest BCUT2D eigenvalue weighted by Gasteiger charge is -2.16. The third-order valence-electron chi connectivity index (χ3n) is 4.59. The van der Waals surface area contributed by atoms with Crippen molar-refractivity contribution in [1.82, 2.24) is 4.98 Å².